The standard InChI is InChI=1S/C50H69N11O14/c1-24(2)16-31(51)43(67)56-38(20-41(65)66)48(72)58-37(19-28-22-54-33-13-9-7-11-30(28)33)47(71)60-39(23-62)49(73)59-36(18-27-21-53-32-12-8-6-10-29(27)32)46(70)57-35(17-25(3)4)45(69)55-34(14-15-40(52)64)44(68)61-42(26(5)63)50(74)75/h6-13,21-22,24-26,31,34-39,42,53-54,62-63H,14-20,23,51H2,1-5H3,(H2,52,64)(H,55,69)(H,56,67)(H,57,70)(H,58,72)(H,59,73)(H,60,71)(H,61,68)(H,65,66)(H,74,75). The lowest BCUT2D eigenvalue weighted by molar-refractivity contribution is -0.145. The van der Waals surface area contributed by atoms with Gasteiger partial charge in [-0.3, -0.25) is 43.2 Å². The number of hydrogen-bond donors (Lipinski definition) is 15. The number of nitrogens with two attached hydrogens (primary N) is 2. The number of amides is 8. The van der Waals surface area contributed by atoms with Crippen molar-refractivity contribution < 1.29 is 68.4 Å². The van der Waals surface area contributed by atoms with E-state index in [9.17, 15) is 68.4 Å². The summed E-state index contributed by atoms with van der Waals surface area (Å²) in [6.07, 6.45) is -0.433. The lowest BCUT2D eigenvalue weighted by atomic mass is 9.99. The van der Waals surface area contributed by atoms with Crippen molar-refractivity contribution in [1.82, 2.24) is 47.2 Å². The Morgan fingerprint density at radius 1 is 0.547 bits per heavy atom. The first kappa shape index (κ1) is 59.7. The van der Waals surface area contributed by atoms with Gasteiger partial charge in [-0.05, 0) is 61.3 Å². The molecule has 75 heavy (non-hydrogen) atoms. The number of fused-ring (bicyclic) bond motifs is 2. The number of aliphatic hydroxyl groups is 2. The minimum absolute atomic E-state index is 0.0217. The van der Waals surface area contributed by atoms with E-state index in [1.165, 1.54) is 0 Å². The highest BCUT2D eigenvalue weighted by Gasteiger charge is 2.36. The average molecular weight is 1050 g/mol. The summed E-state index contributed by atoms with van der Waals surface area (Å²) in [6, 6.07) is 1.50. The van der Waals surface area contributed by atoms with Gasteiger partial charge in [0.05, 0.1) is 25.2 Å². The Balaban J connectivity index is 1.66. The third-order valence-corrected chi connectivity index (χ3v) is 12.1. The van der Waals surface area contributed by atoms with E-state index < -0.39 is 140 Å². The van der Waals surface area contributed by atoms with Crippen molar-refractivity contribution in [1.29, 1.82) is 0 Å². The largest absolute Gasteiger partial charge is 0.481 e. The Labute approximate surface area is 431 Å². The molecule has 2 heterocycles. The van der Waals surface area contributed by atoms with Gasteiger partial charge in [0.15, 0.2) is 6.04 Å². The number of carboxylic acids is 2. The summed E-state index contributed by atoms with van der Waals surface area (Å²) in [6.45, 7) is 7.15. The number of para-hydroxylation sites is 2. The average Bonchev–Trinajstić information content (AvgIpc) is 3.95. The number of aliphatic hydroxyl groups excluding tert-OH is 2. The van der Waals surface area contributed by atoms with Gasteiger partial charge in [0.25, 0.3) is 0 Å². The third-order valence-electron chi connectivity index (χ3n) is 12.1. The number of hydrogen-bond acceptors (Lipinski definition) is 13. The van der Waals surface area contributed by atoms with Gasteiger partial charge in [-0.2, -0.15) is 0 Å². The fourth-order valence-corrected chi connectivity index (χ4v) is 8.19. The van der Waals surface area contributed by atoms with Crippen LogP contribution >= 0.6 is 0 Å². The Bertz CT molecular complexity index is 2680. The van der Waals surface area contributed by atoms with E-state index in [0.29, 0.717) is 32.9 Å². The van der Waals surface area contributed by atoms with Crippen LogP contribution in [0.5, 0.6) is 0 Å². The molecule has 0 bridgehead atoms. The van der Waals surface area contributed by atoms with Gasteiger partial charge < -0.3 is 79.1 Å². The molecule has 9 unspecified atom stereocenters. The molecule has 408 valence electrons. The van der Waals surface area contributed by atoms with Crippen molar-refractivity contribution in [3.63, 3.8) is 0 Å². The second-order valence-electron chi connectivity index (χ2n) is 19.2. The Morgan fingerprint density at radius 2 is 0.960 bits per heavy atom. The minimum Gasteiger partial charge on any atom is -0.481 e. The molecule has 2 aromatic heterocycles. The summed E-state index contributed by atoms with van der Waals surface area (Å²) in [4.78, 5) is 139. The number of aromatic amines is 2. The van der Waals surface area contributed by atoms with Crippen LogP contribution in [-0.4, -0.2) is 151 Å². The van der Waals surface area contributed by atoms with E-state index in [-0.39, 0.29) is 37.5 Å². The highest BCUT2D eigenvalue weighted by molar-refractivity contribution is 5.99. The number of aliphatic carboxylic acids is 2. The van der Waals surface area contributed by atoms with Crippen molar-refractivity contribution in [2.75, 3.05) is 6.61 Å². The molecule has 8 amide bonds. The smallest absolute Gasteiger partial charge is 0.328 e. The molecule has 17 N–H and O–H groups in total. The monoisotopic (exact) mass is 1050 g/mol. The zero-order chi connectivity index (χ0) is 55.7. The number of carboxylic acid groups (broad SMARTS) is 2. The molecule has 2 aromatic carbocycles. The molecule has 25 heteroatoms. The first-order valence-electron chi connectivity index (χ1n) is 24.4. The van der Waals surface area contributed by atoms with Crippen molar-refractivity contribution in [2.45, 2.75) is 134 Å². The van der Waals surface area contributed by atoms with Gasteiger partial charge in [0.1, 0.15) is 36.3 Å². The number of aromatic nitrogens is 2. The van der Waals surface area contributed by atoms with E-state index >= 15 is 0 Å². The molecule has 0 aliphatic heterocycles. The molecule has 0 saturated carbocycles. The van der Waals surface area contributed by atoms with Crippen LogP contribution in [0.4, 0.5) is 0 Å². The zero-order valence-corrected chi connectivity index (χ0v) is 42.3. The fourth-order valence-electron chi connectivity index (χ4n) is 8.19. The predicted octanol–water partition coefficient (Wildman–Crippen LogP) is -1.55. The molecule has 25 nitrogen and oxygen atoms in total. The van der Waals surface area contributed by atoms with Gasteiger partial charge in [-0.25, -0.2) is 4.79 Å². The lowest BCUT2D eigenvalue weighted by Gasteiger charge is -2.28. The van der Waals surface area contributed by atoms with Crippen LogP contribution in [0.15, 0.2) is 60.9 Å². The molecular weight excluding hydrogens is 979 g/mol. The number of nitrogens with one attached hydrogen (secondary N) is 9. The van der Waals surface area contributed by atoms with E-state index in [4.69, 9.17) is 11.5 Å². The summed E-state index contributed by atoms with van der Waals surface area (Å²) >= 11 is 0. The van der Waals surface area contributed by atoms with Crippen LogP contribution in [0.3, 0.4) is 0 Å². The van der Waals surface area contributed by atoms with Crippen molar-refractivity contribution >= 4 is 81.0 Å². The predicted molar refractivity (Wildman–Crippen MR) is 271 cm³/mol. The minimum atomic E-state index is -1.81. The maximum Gasteiger partial charge on any atom is 0.328 e. The molecule has 0 aliphatic carbocycles. The molecular formula is C50H69N11O14. The van der Waals surface area contributed by atoms with Gasteiger partial charge in [0, 0.05) is 53.5 Å². The second kappa shape index (κ2) is 28.0. The van der Waals surface area contributed by atoms with Crippen molar-refractivity contribution in [3.05, 3.63) is 72.1 Å². The summed E-state index contributed by atoms with van der Waals surface area (Å²) in [7, 11) is 0. The lowest BCUT2D eigenvalue weighted by Crippen LogP contribution is -2.61. The van der Waals surface area contributed by atoms with Gasteiger partial charge in [-0.15, -0.1) is 0 Å². The Morgan fingerprint density at radius 3 is 1.41 bits per heavy atom. The summed E-state index contributed by atoms with van der Waals surface area (Å²) in [5.41, 5.74) is 13.7. The quantitative estimate of drug-likeness (QED) is 0.0281. The maximum absolute atomic E-state index is 14.5. The summed E-state index contributed by atoms with van der Waals surface area (Å²) in [5, 5.41) is 58.2. The number of carbonyl (C=O) groups is 10. The van der Waals surface area contributed by atoms with E-state index in [0.717, 1.165) is 6.92 Å². The molecule has 4 rings (SSSR count). The first-order chi connectivity index (χ1) is 35.4. The molecule has 0 fully saturated rings. The highest BCUT2D eigenvalue weighted by atomic mass is 16.4. The molecule has 9 atom stereocenters. The summed E-state index contributed by atoms with van der Waals surface area (Å²) < 4.78 is 0. The van der Waals surface area contributed by atoms with Crippen molar-refractivity contribution in [2.24, 2.45) is 23.3 Å². The molecule has 0 saturated heterocycles. The number of benzene rings is 2. The highest BCUT2D eigenvalue weighted by Crippen LogP contribution is 2.21. The number of carbonyl (C=O) groups excluding carboxylic acids is 8. The topological polar surface area (TPSA) is 419 Å². The van der Waals surface area contributed by atoms with E-state index in [1.807, 2.05) is 13.8 Å². The molecule has 4 aromatic rings. The number of rotatable bonds is 30. The Hall–Kier alpha value is -7.90. The molecule has 0 radical (unpaired) electrons. The molecule has 0 aliphatic rings. The van der Waals surface area contributed by atoms with Crippen LogP contribution in [0.25, 0.3) is 21.8 Å². The summed E-state index contributed by atoms with van der Waals surface area (Å²) in [5.74, 6) is -11.2. The normalized spacial score (nSPS) is 15.0. The van der Waals surface area contributed by atoms with Gasteiger partial charge in [0.2, 0.25) is 47.3 Å². The number of H-pyrrole nitrogens is 2. The SMILES string of the molecule is CC(C)CC(N)C(=O)NC(CC(=O)O)C(=O)NC(Cc1c[nH]c2ccccc12)C(=O)NC(CO)C(=O)NC(Cc1c[nH]c2ccccc12)C(=O)NC(CC(C)C)C(=O)NC(CCC(N)=O)C(=O)NC(C(=O)O)C(C)O. The van der Waals surface area contributed by atoms with Crippen LogP contribution in [-0.2, 0) is 60.8 Å². The van der Waals surface area contributed by atoms with Gasteiger partial charge in [-0.1, -0.05) is 64.1 Å². The van der Waals surface area contributed by atoms with E-state index in [2.05, 4.69) is 47.2 Å². The van der Waals surface area contributed by atoms with Crippen LogP contribution in [0.1, 0.15) is 77.8 Å². The van der Waals surface area contributed by atoms with Crippen LogP contribution < -0.4 is 48.7 Å². The number of primary amides is 1. The van der Waals surface area contributed by atoms with Crippen LogP contribution in [0, 0.1) is 11.8 Å². The third kappa shape index (κ3) is 17.9. The van der Waals surface area contributed by atoms with Crippen LogP contribution in [0.2, 0.25) is 0 Å². The molecule has 0 spiro atoms. The van der Waals surface area contributed by atoms with Gasteiger partial charge >= 0.3 is 11.9 Å². The Kier molecular flexibility index (Phi) is 22.2. The zero-order valence-electron chi connectivity index (χ0n) is 42.3. The van der Waals surface area contributed by atoms with E-state index in [1.54, 1.807) is 74.8 Å². The second-order valence-corrected chi connectivity index (χ2v) is 19.2. The first-order valence-corrected chi connectivity index (χ1v) is 24.4. The maximum atomic E-state index is 14.5. The van der Waals surface area contributed by atoms with Crippen molar-refractivity contribution in [3.8, 4) is 0 Å². The fraction of sp³-hybridized carbons (Fsp3) is 0.480.